The highest BCUT2D eigenvalue weighted by atomic mass is 16.2. The molecular weight excluding hydrogens is 342 g/mol. The normalized spacial score (nSPS) is 10.4. The van der Waals surface area contributed by atoms with E-state index in [1.54, 1.807) is 60.8 Å². The lowest BCUT2D eigenvalue weighted by atomic mass is 9.98. The molecule has 136 valence electrons. The molecule has 6 nitrogen and oxygen atoms in total. The zero-order valence-electron chi connectivity index (χ0n) is 14.7. The highest BCUT2D eigenvalue weighted by molar-refractivity contribution is 6.15. The Kier molecular flexibility index (Phi) is 5.89. The van der Waals surface area contributed by atoms with E-state index in [1.807, 2.05) is 6.07 Å². The first-order valence-electron chi connectivity index (χ1n) is 8.66. The Morgan fingerprint density at radius 1 is 0.889 bits per heavy atom. The van der Waals surface area contributed by atoms with E-state index < -0.39 is 0 Å². The molecule has 0 unspecified atom stereocenters. The van der Waals surface area contributed by atoms with Gasteiger partial charge in [0.25, 0.3) is 11.5 Å². The second-order valence-corrected chi connectivity index (χ2v) is 5.94. The molecule has 0 aliphatic heterocycles. The van der Waals surface area contributed by atoms with Crippen LogP contribution in [0.25, 0.3) is 0 Å². The van der Waals surface area contributed by atoms with E-state index in [1.165, 1.54) is 10.7 Å². The average molecular weight is 361 g/mol. The van der Waals surface area contributed by atoms with Crippen molar-refractivity contribution in [2.75, 3.05) is 6.54 Å². The predicted molar refractivity (Wildman–Crippen MR) is 102 cm³/mol. The Morgan fingerprint density at radius 2 is 1.59 bits per heavy atom. The van der Waals surface area contributed by atoms with Crippen LogP contribution in [-0.4, -0.2) is 28.0 Å². The third-order valence-electron chi connectivity index (χ3n) is 4.07. The molecule has 0 saturated carbocycles. The number of amides is 1. The Balaban J connectivity index is 1.64. The molecule has 1 amide bonds. The van der Waals surface area contributed by atoms with E-state index in [-0.39, 0.29) is 17.2 Å². The molecule has 0 atom stereocenters. The van der Waals surface area contributed by atoms with Gasteiger partial charge < -0.3 is 5.32 Å². The molecule has 0 radical (unpaired) electrons. The maximum absolute atomic E-state index is 12.7. The molecule has 6 heteroatoms. The van der Waals surface area contributed by atoms with Crippen LogP contribution < -0.4 is 10.9 Å². The number of nitrogens with one attached hydrogen (secondary N) is 1. The monoisotopic (exact) mass is 361 g/mol. The van der Waals surface area contributed by atoms with Crippen LogP contribution in [0, 0.1) is 0 Å². The van der Waals surface area contributed by atoms with Crippen molar-refractivity contribution in [1.82, 2.24) is 15.1 Å². The molecule has 1 N–H and O–H groups in total. The van der Waals surface area contributed by atoms with Gasteiger partial charge in [0.2, 0.25) is 0 Å². The largest absolute Gasteiger partial charge is 0.352 e. The van der Waals surface area contributed by atoms with Gasteiger partial charge in [-0.2, -0.15) is 5.10 Å². The highest BCUT2D eigenvalue weighted by Crippen LogP contribution is 2.14. The van der Waals surface area contributed by atoms with Crippen LogP contribution in [0.4, 0.5) is 0 Å². The van der Waals surface area contributed by atoms with Crippen molar-refractivity contribution < 1.29 is 9.59 Å². The summed E-state index contributed by atoms with van der Waals surface area (Å²) < 4.78 is 1.35. The van der Waals surface area contributed by atoms with Crippen molar-refractivity contribution >= 4 is 11.7 Å². The second-order valence-electron chi connectivity index (χ2n) is 5.94. The lowest BCUT2D eigenvalue weighted by Crippen LogP contribution is -2.28. The minimum absolute atomic E-state index is 0.178. The van der Waals surface area contributed by atoms with Gasteiger partial charge in [-0.15, -0.1) is 0 Å². The van der Waals surface area contributed by atoms with E-state index in [0.717, 1.165) is 0 Å². The Labute approximate surface area is 156 Å². The third kappa shape index (κ3) is 4.55. The Bertz CT molecular complexity index is 997. The van der Waals surface area contributed by atoms with Gasteiger partial charge in [-0.25, -0.2) is 4.68 Å². The molecule has 0 aliphatic carbocycles. The second kappa shape index (κ2) is 8.71. The molecule has 3 rings (SSSR count). The summed E-state index contributed by atoms with van der Waals surface area (Å²) in [6.07, 6.45) is 2.10. The molecule has 0 aliphatic rings. The van der Waals surface area contributed by atoms with Crippen molar-refractivity contribution in [2.24, 2.45) is 0 Å². The van der Waals surface area contributed by atoms with Crippen LogP contribution in [0.5, 0.6) is 0 Å². The predicted octanol–water partition coefficient (Wildman–Crippen LogP) is 2.29. The lowest BCUT2D eigenvalue weighted by Gasteiger charge is -2.10. The van der Waals surface area contributed by atoms with Crippen molar-refractivity contribution in [3.05, 3.63) is 100.0 Å². The quantitative estimate of drug-likeness (QED) is 0.517. The van der Waals surface area contributed by atoms with Gasteiger partial charge in [0, 0.05) is 36.5 Å². The summed E-state index contributed by atoms with van der Waals surface area (Å²) in [5, 5.41) is 6.77. The average Bonchev–Trinajstić information content (AvgIpc) is 2.72. The summed E-state index contributed by atoms with van der Waals surface area (Å²) in [6.45, 7) is 0.778. The molecule has 1 aromatic heterocycles. The number of rotatable bonds is 7. The van der Waals surface area contributed by atoms with E-state index >= 15 is 0 Å². The fourth-order valence-electron chi connectivity index (χ4n) is 2.71. The van der Waals surface area contributed by atoms with E-state index in [4.69, 9.17) is 0 Å². The number of nitrogens with zero attached hydrogens (tertiary/aromatic N) is 2. The smallest absolute Gasteiger partial charge is 0.266 e. The molecule has 0 saturated heterocycles. The third-order valence-corrected chi connectivity index (χ3v) is 4.07. The summed E-state index contributed by atoms with van der Waals surface area (Å²) in [7, 11) is 0. The van der Waals surface area contributed by atoms with Crippen molar-refractivity contribution in [3.8, 4) is 0 Å². The van der Waals surface area contributed by atoms with E-state index in [2.05, 4.69) is 10.4 Å². The first-order chi connectivity index (χ1) is 13.2. The summed E-state index contributed by atoms with van der Waals surface area (Å²) >= 11 is 0. The fraction of sp³-hybridized carbons (Fsp3) is 0.143. The number of aromatic nitrogens is 2. The molecule has 0 spiro atoms. The van der Waals surface area contributed by atoms with Gasteiger partial charge in [0.05, 0.1) is 5.56 Å². The molecule has 3 aromatic rings. The van der Waals surface area contributed by atoms with Crippen LogP contribution in [0.1, 0.15) is 32.7 Å². The number of carbonyl (C=O) groups excluding carboxylic acids is 2. The number of carbonyl (C=O) groups is 2. The first kappa shape index (κ1) is 18.3. The van der Waals surface area contributed by atoms with Crippen molar-refractivity contribution in [3.63, 3.8) is 0 Å². The first-order valence-corrected chi connectivity index (χ1v) is 8.66. The van der Waals surface area contributed by atoms with E-state index in [0.29, 0.717) is 36.2 Å². The van der Waals surface area contributed by atoms with Gasteiger partial charge in [-0.3, -0.25) is 14.4 Å². The van der Waals surface area contributed by atoms with Crippen LogP contribution in [0.2, 0.25) is 0 Å². The highest BCUT2D eigenvalue weighted by Gasteiger charge is 2.17. The minimum Gasteiger partial charge on any atom is -0.352 e. The SMILES string of the molecule is O=C(NCCCn1ncccc1=O)c1ccccc1C(=O)c1ccccc1. The van der Waals surface area contributed by atoms with Crippen LogP contribution in [-0.2, 0) is 6.54 Å². The summed E-state index contributed by atoms with van der Waals surface area (Å²) in [5.41, 5.74) is 1.05. The number of hydrogen-bond acceptors (Lipinski definition) is 4. The Morgan fingerprint density at radius 3 is 2.33 bits per heavy atom. The molecule has 27 heavy (non-hydrogen) atoms. The van der Waals surface area contributed by atoms with Crippen molar-refractivity contribution in [1.29, 1.82) is 0 Å². The molecular formula is C21H19N3O3. The number of hydrogen-bond donors (Lipinski definition) is 1. The van der Waals surface area contributed by atoms with Gasteiger partial charge >= 0.3 is 0 Å². The summed E-state index contributed by atoms with van der Waals surface area (Å²) in [4.78, 5) is 36.8. The van der Waals surface area contributed by atoms with Gasteiger partial charge in [0.1, 0.15) is 0 Å². The van der Waals surface area contributed by atoms with Gasteiger partial charge in [-0.05, 0) is 18.6 Å². The zero-order valence-corrected chi connectivity index (χ0v) is 14.7. The number of benzene rings is 2. The maximum Gasteiger partial charge on any atom is 0.266 e. The standard InChI is InChI=1S/C21H19N3O3/c25-19-12-6-14-23-24(19)15-7-13-22-21(27)18-11-5-4-10-17(18)20(26)16-8-2-1-3-9-16/h1-6,8-12,14H,7,13,15H2,(H,22,27). The van der Waals surface area contributed by atoms with Crippen LogP contribution >= 0.6 is 0 Å². The van der Waals surface area contributed by atoms with Gasteiger partial charge in [-0.1, -0.05) is 48.5 Å². The van der Waals surface area contributed by atoms with Gasteiger partial charge in [0.15, 0.2) is 5.78 Å². The molecule has 1 heterocycles. The number of aryl methyl sites for hydroxylation is 1. The topological polar surface area (TPSA) is 81.1 Å². The minimum atomic E-state index is -0.316. The summed E-state index contributed by atoms with van der Waals surface area (Å²) in [6, 6.07) is 18.6. The molecule has 0 bridgehead atoms. The molecule has 0 fully saturated rings. The fourth-order valence-corrected chi connectivity index (χ4v) is 2.71. The summed E-state index contributed by atoms with van der Waals surface area (Å²) in [5.74, 6) is -0.510. The van der Waals surface area contributed by atoms with Crippen LogP contribution in [0.3, 0.4) is 0 Å². The lowest BCUT2D eigenvalue weighted by molar-refractivity contribution is 0.0941. The maximum atomic E-state index is 12.7. The zero-order chi connectivity index (χ0) is 19.1. The van der Waals surface area contributed by atoms with Crippen molar-refractivity contribution in [2.45, 2.75) is 13.0 Å². The number of ketones is 1. The molecule has 2 aromatic carbocycles. The van der Waals surface area contributed by atoms with E-state index in [9.17, 15) is 14.4 Å². The Hall–Kier alpha value is -3.54. The van der Waals surface area contributed by atoms with Crippen LogP contribution in [0.15, 0.2) is 77.7 Å².